The molecule has 1 aromatic carbocycles. The van der Waals surface area contributed by atoms with Gasteiger partial charge in [0.15, 0.2) is 5.82 Å². The normalized spacial score (nSPS) is 20.0. The second-order valence-corrected chi connectivity index (χ2v) is 7.11. The van der Waals surface area contributed by atoms with E-state index in [1.807, 2.05) is 7.05 Å². The zero-order chi connectivity index (χ0) is 18.3. The number of halogens is 2. The maximum absolute atomic E-state index is 14.3. The number of fused-ring (bicyclic) bond motifs is 1. The van der Waals surface area contributed by atoms with E-state index in [1.165, 1.54) is 12.5 Å². The van der Waals surface area contributed by atoms with Crippen molar-refractivity contribution in [2.24, 2.45) is 11.7 Å². The Kier molecular flexibility index (Phi) is 4.50. The molecule has 6 nitrogen and oxygen atoms in total. The van der Waals surface area contributed by atoms with Gasteiger partial charge in [-0.25, -0.2) is 14.4 Å². The number of aromatic nitrogens is 4. The molecule has 3 N–H and O–H groups in total. The average Bonchev–Trinajstić information content (AvgIpc) is 3.29. The maximum Gasteiger partial charge on any atom is 0.202 e. The van der Waals surface area contributed by atoms with Crippen LogP contribution < -0.4 is 10.6 Å². The Morgan fingerprint density at radius 3 is 3.04 bits per heavy atom. The molecule has 0 spiro atoms. The van der Waals surface area contributed by atoms with Crippen molar-refractivity contribution in [1.82, 2.24) is 20.2 Å². The van der Waals surface area contributed by atoms with Crippen molar-refractivity contribution in [3.05, 3.63) is 35.2 Å². The molecule has 1 fully saturated rings. The van der Waals surface area contributed by atoms with Gasteiger partial charge in [-0.3, -0.25) is 5.10 Å². The SMILES string of the molecule is CN(c1cnc2c(-c3cccc(Cl)c3F)[nH]nc2n1)[C@H]1CCC[C@H]1CN. The number of nitrogens with two attached hydrogens (primary N) is 1. The Hall–Kier alpha value is -2.25. The summed E-state index contributed by atoms with van der Waals surface area (Å²) < 4.78 is 14.3. The summed E-state index contributed by atoms with van der Waals surface area (Å²) >= 11 is 5.89. The fraction of sp³-hybridized carbons (Fsp3) is 0.389. The van der Waals surface area contributed by atoms with E-state index in [4.69, 9.17) is 17.3 Å². The van der Waals surface area contributed by atoms with Crippen LogP contribution in [0.2, 0.25) is 5.02 Å². The van der Waals surface area contributed by atoms with E-state index < -0.39 is 5.82 Å². The van der Waals surface area contributed by atoms with Crippen LogP contribution >= 0.6 is 11.6 Å². The summed E-state index contributed by atoms with van der Waals surface area (Å²) in [6.45, 7) is 0.672. The molecule has 0 amide bonds. The minimum atomic E-state index is -0.501. The van der Waals surface area contributed by atoms with Gasteiger partial charge in [-0.1, -0.05) is 24.1 Å². The Morgan fingerprint density at radius 2 is 2.23 bits per heavy atom. The highest BCUT2D eigenvalue weighted by molar-refractivity contribution is 6.31. The van der Waals surface area contributed by atoms with Crippen LogP contribution in [0.1, 0.15) is 19.3 Å². The molecule has 1 aliphatic rings. The summed E-state index contributed by atoms with van der Waals surface area (Å²) in [5, 5.41) is 7.12. The Morgan fingerprint density at radius 1 is 1.38 bits per heavy atom. The molecule has 1 saturated carbocycles. The van der Waals surface area contributed by atoms with Crippen LogP contribution in [0, 0.1) is 11.7 Å². The molecule has 0 bridgehead atoms. The molecular formula is C18H20ClFN6. The molecule has 0 aliphatic heterocycles. The van der Waals surface area contributed by atoms with E-state index >= 15 is 0 Å². The van der Waals surface area contributed by atoms with Crippen molar-refractivity contribution < 1.29 is 4.39 Å². The third-order valence-corrected chi connectivity index (χ3v) is 5.55. The molecule has 0 radical (unpaired) electrons. The standard InChI is InChI=1S/C18H20ClFN6/c1-26(13-7-2-4-10(13)8-21)14-9-22-17-16(24-25-18(17)23-14)11-5-3-6-12(19)15(11)20/h3,5-6,9-10,13H,2,4,7-8,21H2,1H3,(H,23,24,25)/t10-,13-/m0/s1. The van der Waals surface area contributed by atoms with Gasteiger partial charge < -0.3 is 10.6 Å². The third-order valence-electron chi connectivity index (χ3n) is 5.25. The van der Waals surface area contributed by atoms with Crippen LogP contribution in [0.3, 0.4) is 0 Å². The lowest BCUT2D eigenvalue weighted by Crippen LogP contribution is -2.38. The van der Waals surface area contributed by atoms with Gasteiger partial charge in [-0.15, -0.1) is 0 Å². The molecular weight excluding hydrogens is 355 g/mol. The fourth-order valence-electron chi connectivity index (χ4n) is 3.81. The summed E-state index contributed by atoms with van der Waals surface area (Å²) in [6, 6.07) is 5.19. The van der Waals surface area contributed by atoms with Crippen molar-refractivity contribution in [3.8, 4) is 11.3 Å². The Bertz CT molecular complexity index is 943. The van der Waals surface area contributed by atoms with Crippen LogP contribution in [-0.4, -0.2) is 39.8 Å². The largest absolute Gasteiger partial charge is 0.355 e. The number of hydrogen-bond donors (Lipinski definition) is 2. The molecule has 4 rings (SSSR count). The van der Waals surface area contributed by atoms with E-state index in [-0.39, 0.29) is 5.02 Å². The molecule has 1 aliphatic carbocycles. The lowest BCUT2D eigenvalue weighted by atomic mass is 10.0. The molecule has 8 heteroatoms. The lowest BCUT2D eigenvalue weighted by molar-refractivity contribution is 0.472. The smallest absolute Gasteiger partial charge is 0.202 e. The highest BCUT2D eigenvalue weighted by Gasteiger charge is 2.30. The Balaban J connectivity index is 1.71. The maximum atomic E-state index is 14.3. The first kappa shape index (κ1) is 17.2. The van der Waals surface area contributed by atoms with Gasteiger partial charge in [0, 0.05) is 18.7 Å². The van der Waals surface area contributed by atoms with Crippen molar-refractivity contribution in [2.75, 3.05) is 18.5 Å². The molecule has 0 unspecified atom stereocenters. The van der Waals surface area contributed by atoms with Crippen molar-refractivity contribution in [1.29, 1.82) is 0 Å². The van der Waals surface area contributed by atoms with Crippen molar-refractivity contribution in [3.63, 3.8) is 0 Å². The van der Waals surface area contributed by atoms with E-state index in [2.05, 4.69) is 25.1 Å². The summed E-state index contributed by atoms with van der Waals surface area (Å²) in [4.78, 5) is 11.2. The van der Waals surface area contributed by atoms with Crippen LogP contribution in [0.5, 0.6) is 0 Å². The van der Waals surface area contributed by atoms with Crippen molar-refractivity contribution >= 4 is 28.6 Å². The van der Waals surface area contributed by atoms with Gasteiger partial charge in [0.1, 0.15) is 11.3 Å². The number of benzene rings is 1. The predicted molar refractivity (Wildman–Crippen MR) is 101 cm³/mol. The third kappa shape index (κ3) is 2.81. The highest BCUT2D eigenvalue weighted by Crippen LogP contribution is 2.33. The van der Waals surface area contributed by atoms with Crippen LogP contribution in [0.25, 0.3) is 22.4 Å². The van der Waals surface area contributed by atoms with Gasteiger partial charge in [0.2, 0.25) is 5.65 Å². The number of nitrogens with zero attached hydrogens (tertiary/aromatic N) is 4. The summed E-state index contributed by atoms with van der Waals surface area (Å²) in [5.74, 6) is 0.708. The fourth-order valence-corrected chi connectivity index (χ4v) is 3.99. The first-order chi connectivity index (χ1) is 12.6. The van der Waals surface area contributed by atoms with Crippen LogP contribution in [-0.2, 0) is 0 Å². The second kappa shape index (κ2) is 6.81. The zero-order valence-electron chi connectivity index (χ0n) is 14.4. The number of nitrogens with one attached hydrogen (secondary N) is 1. The molecule has 2 heterocycles. The topological polar surface area (TPSA) is 83.7 Å². The zero-order valence-corrected chi connectivity index (χ0v) is 15.2. The number of rotatable bonds is 4. The summed E-state index contributed by atoms with van der Waals surface area (Å²) in [5.41, 5.74) is 7.67. The summed E-state index contributed by atoms with van der Waals surface area (Å²) in [6.07, 6.45) is 5.11. The van der Waals surface area contributed by atoms with Crippen molar-refractivity contribution in [2.45, 2.75) is 25.3 Å². The van der Waals surface area contributed by atoms with Gasteiger partial charge in [-0.2, -0.15) is 5.10 Å². The number of aromatic amines is 1. The molecule has 2 atom stereocenters. The quantitative estimate of drug-likeness (QED) is 0.731. The van der Waals surface area contributed by atoms with E-state index in [1.54, 1.807) is 18.3 Å². The highest BCUT2D eigenvalue weighted by atomic mass is 35.5. The van der Waals surface area contributed by atoms with Gasteiger partial charge in [-0.05, 0) is 37.4 Å². The number of H-pyrrole nitrogens is 1. The predicted octanol–water partition coefficient (Wildman–Crippen LogP) is 3.38. The van der Waals surface area contributed by atoms with Gasteiger partial charge >= 0.3 is 0 Å². The number of hydrogen-bond acceptors (Lipinski definition) is 5. The summed E-state index contributed by atoms with van der Waals surface area (Å²) in [7, 11) is 2.01. The minimum absolute atomic E-state index is 0.0589. The first-order valence-electron chi connectivity index (χ1n) is 8.68. The molecule has 26 heavy (non-hydrogen) atoms. The first-order valence-corrected chi connectivity index (χ1v) is 9.06. The minimum Gasteiger partial charge on any atom is -0.355 e. The molecule has 3 aromatic rings. The molecule has 0 saturated heterocycles. The second-order valence-electron chi connectivity index (χ2n) is 6.71. The monoisotopic (exact) mass is 374 g/mol. The molecule has 136 valence electrons. The van der Waals surface area contributed by atoms with Crippen LogP contribution in [0.4, 0.5) is 10.2 Å². The van der Waals surface area contributed by atoms with E-state index in [9.17, 15) is 4.39 Å². The lowest BCUT2D eigenvalue weighted by Gasteiger charge is -2.29. The van der Waals surface area contributed by atoms with Gasteiger partial charge in [0.05, 0.1) is 16.9 Å². The van der Waals surface area contributed by atoms with Gasteiger partial charge in [0.25, 0.3) is 0 Å². The van der Waals surface area contributed by atoms with E-state index in [0.29, 0.717) is 40.9 Å². The van der Waals surface area contributed by atoms with Crippen LogP contribution in [0.15, 0.2) is 24.4 Å². The molecule has 2 aromatic heterocycles. The number of anilines is 1. The van der Waals surface area contributed by atoms with E-state index in [0.717, 1.165) is 18.7 Å². The Labute approximate surface area is 155 Å². The average molecular weight is 375 g/mol.